The van der Waals surface area contributed by atoms with Crippen LogP contribution in [0.4, 0.5) is 0 Å². The van der Waals surface area contributed by atoms with Gasteiger partial charge in [0.15, 0.2) is 0 Å². The molecule has 0 aromatic heterocycles. The van der Waals surface area contributed by atoms with E-state index in [1.807, 2.05) is 0 Å². The lowest BCUT2D eigenvalue weighted by Crippen LogP contribution is -2.45. The molecule has 0 heterocycles. The van der Waals surface area contributed by atoms with Crippen LogP contribution < -0.4 is 5.32 Å². The summed E-state index contributed by atoms with van der Waals surface area (Å²) in [5.74, 6) is -0.0435. The number of unbranched alkanes of at least 4 members (excludes halogenated alkanes) is 41. The number of esters is 1. The van der Waals surface area contributed by atoms with Crippen molar-refractivity contribution in [3.8, 4) is 0 Å². The SMILES string of the molecule is CCCCCCCCC/C=C\CCCCCCCCCC(=O)OCCCCCCCCCCCCCCCCCC(=O)NC(CO)C(O)CCCCCCCCCCCCCCCC. The third-order valence-electron chi connectivity index (χ3n) is 13.6. The van der Waals surface area contributed by atoms with Crippen molar-refractivity contribution in [3.63, 3.8) is 0 Å². The Morgan fingerprint density at radius 1 is 0.422 bits per heavy atom. The molecule has 1 amide bonds. The number of nitrogens with one attached hydrogen (secondary N) is 1. The van der Waals surface area contributed by atoms with Crippen molar-refractivity contribution in [2.45, 2.75) is 334 Å². The average Bonchev–Trinajstić information content (AvgIpc) is 3.29. The van der Waals surface area contributed by atoms with Crippen LogP contribution in [0.5, 0.6) is 0 Å². The molecule has 0 saturated heterocycles. The predicted molar refractivity (Wildman–Crippen MR) is 278 cm³/mol. The monoisotopic (exact) mass is 904 g/mol. The molecule has 0 fully saturated rings. The van der Waals surface area contributed by atoms with Crippen LogP contribution in [-0.2, 0) is 14.3 Å². The lowest BCUT2D eigenvalue weighted by atomic mass is 10.0. The summed E-state index contributed by atoms with van der Waals surface area (Å²) in [4.78, 5) is 24.5. The Labute approximate surface area is 399 Å². The molecular weight excluding hydrogens is 791 g/mol. The molecule has 380 valence electrons. The molecule has 3 N–H and O–H groups in total. The Hall–Kier alpha value is -1.40. The lowest BCUT2D eigenvalue weighted by molar-refractivity contribution is -0.143. The first kappa shape index (κ1) is 62.6. The van der Waals surface area contributed by atoms with Gasteiger partial charge >= 0.3 is 5.97 Å². The van der Waals surface area contributed by atoms with Crippen LogP contribution in [0.1, 0.15) is 322 Å². The van der Waals surface area contributed by atoms with E-state index < -0.39 is 12.1 Å². The minimum Gasteiger partial charge on any atom is -0.466 e. The molecule has 0 bridgehead atoms. The normalized spacial score (nSPS) is 12.6. The summed E-state index contributed by atoms with van der Waals surface area (Å²) < 4.78 is 5.48. The summed E-state index contributed by atoms with van der Waals surface area (Å²) in [6, 6.07) is -0.547. The van der Waals surface area contributed by atoms with Gasteiger partial charge in [0.05, 0.1) is 25.4 Å². The van der Waals surface area contributed by atoms with Crippen LogP contribution >= 0.6 is 0 Å². The number of hydrogen-bond acceptors (Lipinski definition) is 5. The number of amides is 1. The largest absolute Gasteiger partial charge is 0.466 e. The van der Waals surface area contributed by atoms with Crippen molar-refractivity contribution in [1.29, 1.82) is 0 Å². The van der Waals surface area contributed by atoms with Gasteiger partial charge in [-0.15, -0.1) is 0 Å². The molecule has 2 atom stereocenters. The molecule has 0 rings (SSSR count). The summed E-state index contributed by atoms with van der Waals surface area (Å²) in [6.07, 6.45) is 63.4. The van der Waals surface area contributed by atoms with Gasteiger partial charge in [-0.25, -0.2) is 0 Å². The van der Waals surface area contributed by atoms with Crippen molar-refractivity contribution in [3.05, 3.63) is 12.2 Å². The highest BCUT2D eigenvalue weighted by Crippen LogP contribution is 2.17. The maximum Gasteiger partial charge on any atom is 0.305 e. The van der Waals surface area contributed by atoms with E-state index in [0.29, 0.717) is 25.9 Å². The zero-order chi connectivity index (χ0) is 46.5. The Balaban J connectivity index is 3.41. The Bertz CT molecular complexity index is 955. The zero-order valence-corrected chi connectivity index (χ0v) is 43.3. The molecule has 0 aromatic rings. The van der Waals surface area contributed by atoms with E-state index in [4.69, 9.17) is 4.74 Å². The second-order valence-electron chi connectivity index (χ2n) is 20.0. The minimum absolute atomic E-state index is 0.00158. The summed E-state index contributed by atoms with van der Waals surface area (Å²) >= 11 is 0. The second-order valence-corrected chi connectivity index (χ2v) is 20.0. The Morgan fingerprint density at radius 2 is 0.734 bits per heavy atom. The van der Waals surface area contributed by atoms with Crippen molar-refractivity contribution in [2.75, 3.05) is 13.2 Å². The van der Waals surface area contributed by atoms with Gasteiger partial charge in [-0.1, -0.05) is 270 Å². The number of hydrogen-bond donors (Lipinski definition) is 3. The molecule has 0 aliphatic rings. The third kappa shape index (κ3) is 50.0. The fourth-order valence-electron chi connectivity index (χ4n) is 9.11. The Morgan fingerprint density at radius 3 is 1.11 bits per heavy atom. The maximum absolute atomic E-state index is 12.5. The van der Waals surface area contributed by atoms with Crippen molar-refractivity contribution in [2.24, 2.45) is 0 Å². The first-order chi connectivity index (χ1) is 31.5. The van der Waals surface area contributed by atoms with Crippen LogP contribution in [0.2, 0.25) is 0 Å². The van der Waals surface area contributed by atoms with Crippen LogP contribution in [0.3, 0.4) is 0 Å². The van der Waals surface area contributed by atoms with Crippen LogP contribution in [0.25, 0.3) is 0 Å². The smallest absolute Gasteiger partial charge is 0.305 e. The molecular formula is C58H113NO5. The maximum atomic E-state index is 12.5. The van der Waals surface area contributed by atoms with Crippen molar-refractivity contribution >= 4 is 11.9 Å². The van der Waals surface area contributed by atoms with Gasteiger partial charge in [0, 0.05) is 12.8 Å². The van der Waals surface area contributed by atoms with E-state index in [1.54, 1.807) is 0 Å². The first-order valence-electron chi connectivity index (χ1n) is 28.9. The summed E-state index contributed by atoms with van der Waals surface area (Å²) in [7, 11) is 0. The molecule has 0 radical (unpaired) electrons. The van der Waals surface area contributed by atoms with Gasteiger partial charge in [-0.2, -0.15) is 0 Å². The van der Waals surface area contributed by atoms with Gasteiger partial charge in [0.25, 0.3) is 0 Å². The number of ether oxygens (including phenoxy) is 1. The van der Waals surface area contributed by atoms with Crippen LogP contribution in [0, 0.1) is 0 Å². The van der Waals surface area contributed by atoms with Gasteiger partial charge in [-0.3, -0.25) is 9.59 Å². The number of aliphatic hydroxyl groups is 2. The molecule has 0 aliphatic carbocycles. The fraction of sp³-hybridized carbons (Fsp3) is 0.931. The van der Waals surface area contributed by atoms with Gasteiger partial charge in [0.2, 0.25) is 5.91 Å². The molecule has 0 saturated carbocycles. The van der Waals surface area contributed by atoms with E-state index in [-0.39, 0.29) is 18.5 Å². The molecule has 0 aliphatic heterocycles. The number of carbonyl (C=O) groups excluding carboxylic acids is 2. The standard InChI is InChI=1S/C58H113NO5/c1-3-5-7-9-11-13-15-17-19-20-21-24-28-32-36-40-44-48-52-58(63)64-53-49-45-41-37-33-29-25-22-23-27-31-35-39-43-47-51-57(62)59-55(54-60)56(61)50-46-42-38-34-30-26-18-16-14-12-10-8-6-4-2/h19-20,55-56,60-61H,3-18,21-54H2,1-2H3,(H,59,62)/b20-19-. The number of allylic oxidation sites excluding steroid dienone is 2. The molecule has 6 nitrogen and oxygen atoms in total. The molecule has 6 heteroatoms. The highest BCUT2D eigenvalue weighted by Gasteiger charge is 2.20. The van der Waals surface area contributed by atoms with Gasteiger partial charge in [-0.05, 0) is 51.4 Å². The van der Waals surface area contributed by atoms with Crippen molar-refractivity contribution in [1.82, 2.24) is 5.32 Å². The summed E-state index contributed by atoms with van der Waals surface area (Å²) in [6.45, 7) is 4.95. The number of rotatable bonds is 54. The summed E-state index contributed by atoms with van der Waals surface area (Å²) in [5, 5.41) is 23.2. The third-order valence-corrected chi connectivity index (χ3v) is 13.6. The molecule has 2 unspecified atom stereocenters. The lowest BCUT2D eigenvalue weighted by Gasteiger charge is -2.22. The van der Waals surface area contributed by atoms with Gasteiger partial charge in [0.1, 0.15) is 0 Å². The predicted octanol–water partition coefficient (Wildman–Crippen LogP) is 17.7. The van der Waals surface area contributed by atoms with E-state index in [9.17, 15) is 19.8 Å². The fourth-order valence-corrected chi connectivity index (χ4v) is 9.11. The van der Waals surface area contributed by atoms with Crippen molar-refractivity contribution < 1.29 is 24.5 Å². The average molecular weight is 905 g/mol. The molecule has 0 spiro atoms. The van der Waals surface area contributed by atoms with E-state index in [0.717, 1.165) is 44.9 Å². The van der Waals surface area contributed by atoms with Crippen LogP contribution in [-0.4, -0.2) is 47.4 Å². The number of aliphatic hydroxyl groups excluding tert-OH is 2. The van der Waals surface area contributed by atoms with E-state index in [1.165, 1.54) is 244 Å². The first-order valence-corrected chi connectivity index (χ1v) is 28.9. The number of carbonyl (C=O) groups is 2. The van der Waals surface area contributed by atoms with E-state index >= 15 is 0 Å². The minimum atomic E-state index is -0.669. The quantitative estimate of drug-likeness (QED) is 0.0321. The van der Waals surface area contributed by atoms with Gasteiger partial charge < -0.3 is 20.3 Å². The summed E-state index contributed by atoms with van der Waals surface area (Å²) in [5.41, 5.74) is 0. The molecule has 0 aromatic carbocycles. The topological polar surface area (TPSA) is 95.9 Å². The van der Waals surface area contributed by atoms with Crippen LogP contribution in [0.15, 0.2) is 12.2 Å². The molecule has 64 heavy (non-hydrogen) atoms. The highest BCUT2D eigenvalue weighted by atomic mass is 16.5. The zero-order valence-electron chi connectivity index (χ0n) is 43.3. The highest BCUT2D eigenvalue weighted by molar-refractivity contribution is 5.76. The Kier molecular flexibility index (Phi) is 53.0. The van der Waals surface area contributed by atoms with E-state index in [2.05, 4.69) is 31.3 Å². The second kappa shape index (κ2) is 54.2.